The van der Waals surface area contributed by atoms with Crippen LogP contribution >= 0.6 is 0 Å². The van der Waals surface area contributed by atoms with Gasteiger partial charge in [0.1, 0.15) is 13.1 Å². The second-order valence-electron chi connectivity index (χ2n) is 7.55. The first-order valence-electron chi connectivity index (χ1n) is 10.3. The Morgan fingerprint density at radius 3 is 2.50 bits per heavy atom. The highest BCUT2D eigenvalue weighted by Crippen LogP contribution is 2.20. The molecule has 2 aromatic rings. The van der Waals surface area contributed by atoms with Gasteiger partial charge >= 0.3 is 6.03 Å². The highest BCUT2D eigenvalue weighted by molar-refractivity contribution is 5.86. The average molecular weight is 385 g/mol. The Morgan fingerprint density at radius 1 is 0.964 bits per heavy atom. The van der Waals surface area contributed by atoms with Crippen LogP contribution in [-0.2, 0) is 16.0 Å². The molecule has 2 amide bonds. The molecule has 0 radical (unpaired) electrons. The van der Waals surface area contributed by atoms with Crippen LogP contribution in [0.3, 0.4) is 0 Å². The lowest BCUT2D eigenvalue weighted by Crippen LogP contribution is -3.14. The number of hydrogen-bond acceptors (Lipinski definition) is 3. The smallest absolute Gasteiger partial charge is 0.320 e. The van der Waals surface area contributed by atoms with Gasteiger partial charge in [0.2, 0.25) is 0 Å². The fraction of sp³-hybridized carbons (Fsp3) is 0.500. The van der Waals surface area contributed by atoms with Gasteiger partial charge in [0.25, 0.3) is 0 Å². The molecule has 4 rings (SSSR count). The first kappa shape index (κ1) is 19.2. The van der Waals surface area contributed by atoms with E-state index in [9.17, 15) is 4.79 Å². The van der Waals surface area contributed by atoms with Crippen molar-refractivity contribution in [1.82, 2.24) is 9.80 Å². The third-order valence-corrected chi connectivity index (χ3v) is 5.73. The molecule has 0 unspecified atom stereocenters. The van der Waals surface area contributed by atoms with E-state index < -0.39 is 0 Å². The third-order valence-electron chi connectivity index (χ3n) is 5.73. The number of benzene rings is 2. The summed E-state index contributed by atoms with van der Waals surface area (Å²) in [6.07, 6.45) is 0. The lowest BCUT2D eigenvalue weighted by atomic mass is 10.0. The number of quaternary nitrogens is 1. The van der Waals surface area contributed by atoms with Crippen molar-refractivity contribution < 1.29 is 19.2 Å². The molecular formula is C22H30N3O3+. The summed E-state index contributed by atoms with van der Waals surface area (Å²) < 4.78 is 10.9. The van der Waals surface area contributed by atoms with E-state index in [1.54, 1.807) is 0 Å². The Kier molecular flexibility index (Phi) is 6.41. The van der Waals surface area contributed by atoms with Crippen LogP contribution in [-0.4, -0.2) is 81.5 Å². The van der Waals surface area contributed by atoms with Gasteiger partial charge in [0, 0.05) is 19.6 Å². The number of fused-ring (bicyclic) bond motifs is 1. The van der Waals surface area contributed by atoms with Crippen LogP contribution in [0.2, 0.25) is 0 Å². The van der Waals surface area contributed by atoms with Crippen molar-refractivity contribution in [3.63, 3.8) is 0 Å². The van der Waals surface area contributed by atoms with Crippen molar-refractivity contribution >= 4 is 16.8 Å². The van der Waals surface area contributed by atoms with Crippen molar-refractivity contribution in [2.75, 3.05) is 65.7 Å². The monoisotopic (exact) mass is 384 g/mol. The molecule has 0 bridgehead atoms. The van der Waals surface area contributed by atoms with Crippen LogP contribution in [0, 0.1) is 0 Å². The normalized spacial score (nSPS) is 18.4. The van der Waals surface area contributed by atoms with Gasteiger partial charge in [-0.15, -0.1) is 0 Å². The van der Waals surface area contributed by atoms with Crippen molar-refractivity contribution in [3.8, 4) is 0 Å². The fourth-order valence-electron chi connectivity index (χ4n) is 4.04. The number of carbonyl (C=O) groups is 1. The topological polar surface area (TPSA) is 46.5 Å². The van der Waals surface area contributed by atoms with Gasteiger partial charge in [-0.25, -0.2) is 4.79 Å². The zero-order valence-corrected chi connectivity index (χ0v) is 16.4. The predicted octanol–water partition coefficient (Wildman–Crippen LogP) is 1.01. The van der Waals surface area contributed by atoms with E-state index in [1.807, 2.05) is 9.80 Å². The van der Waals surface area contributed by atoms with E-state index in [0.29, 0.717) is 32.8 Å². The minimum absolute atomic E-state index is 0.129. The largest absolute Gasteiger partial charge is 0.378 e. The maximum atomic E-state index is 13.3. The number of ether oxygens (including phenoxy) is 2. The Labute approximate surface area is 166 Å². The first-order valence-corrected chi connectivity index (χ1v) is 10.3. The molecule has 0 aliphatic carbocycles. The van der Waals surface area contributed by atoms with Gasteiger partial charge < -0.3 is 24.2 Å². The SMILES string of the molecule is O=C(N1CCOCC1)N(CC[NH+]1CCOCC1)Cc1cccc2ccccc12. The van der Waals surface area contributed by atoms with Crippen molar-refractivity contribution in [3.05, 3.63) is 48.0 Å². The highest BCUT2D eigenvalue weighted by Gasteiger charge is 2.25. The van der Waals surface area contributed by atoms with Crippen molar-refractivity contribution in [1.29, 1.82) is 0 Å². The predicted molar refractivity (Wildman–Crippen MR) is 109 cm³/mol. The maximum Gasteiger partial charge on any atom is 0.320 e. The molecule has 2 heterocycles. The summed E-state index contributed by atoms with van der Waals surface area (Å²) >= 11 is 0. The van der Waals surface area contributed by atoms with Crippen LogP contribution in [0.25, 0.3) is 10.8 Å². The van der Waals surface area contributed by atoms with Gasteiger partial charge in [0.05, 0.1) is 39.5 Å². The van der Waals surface area contributed by atoms with Crippen LogP contribution in [0.15, 0.2) is 42.5 Å². The molecule has 6 heteroatoms. The van der Waals surface area contributed by atoms with E-state index in [-0.39, 0.29) is 6.03 Å². The maximum absolute atomic E-state index is 13.3. The van der Waals surface area contributed by atoms with E-state index in [4.69, 9.17) is 9.47 Å². The van der Waals surface area contributed by atoms with Crippen molar-refractivity contribution in [2.45, 2.75) is 6.54 Å². The standard InChI is InChI=1S/C22H29N3O3/c26-22(24-12-16-28-17-13-24)25(9-8-23-10-14-27-15-11-23)18-20-6-3-5-19-4-1-2-7-21(19)20/h1-7H,8-18H2/p+1. The number of rotatable bonds is 5. The van der Waals surface area contributed by atoms with E-state index in [0.717, 1.165) is 39.4 Å². The van der Waals surface area contributed by atoms with Gasteiger partial charge in [-0.05, 0) is 16.3 Å². The summed E-state index contributed by atoms with van der Waals surface area (Å²) in [5.41, 5.74) is 1.21. The molecular weight excluding hydrogens is 354 g/mol. The molecule has 28 heavy (non-hydrogen) atoms. The molecule has 1 N–H and O–H groups in total. The molecule has 2 fully saturated rings. The molecule has 2 aromatic carbocycles. The Bertz CT molecular complexity index is 780. The van der Waals surface area contributed by atoms with Gasteiger partial charge in [-0.2, -0.15) is 0 Å². The van der Waals surface area contributed by atoms with Crippen molar-refractivity contribution in [2.24, 2.45) is 0 Å². The van der Waals surface area contributed by atoms with Crippen LogP contribution in [0.1, 0.15) is 5.56 Å². The molecule has 6 nitrogen and oxygen atoms in total. The van der Waals surface area contributed by atoms with Crippen LogP contribution < -0.4 is 4.90 Å². The van der Waals surface area contributed by atoms with E-state index >= 15 is 0 Å². The summed E-state index contributed by atoms with van der Waals surface area (Å²) in [4.78, 5) is 18.7. The third kappa shape index (κ3) is 4.63. The van der Waals surface area contributed by atoms with Gasteiger partial charge in [-0.3, -0.25) is 0 Å². The zero-order valence-electron chi connectivity index (χ0n) is 16.4. The summed E-state index contributed by atoms with van der Waals surface area (Å²) in [5.74, 6) is 0. The summed E-state index contributed by atoms with van der Waals surface area (Å²) in [6, 6.07) is 14.9. The van der Waals surface area contributed by atoms with Crippen LogP contribution in [0.4, 0.5) is 4.79 Å². The number of morpholine rings is 2. The first-order chi connectivity index (χ1) is 13.8. The number of nitrogens with one attached hydrogen (secondary N) is 1. The number of amides is 2. The second-order valence-corrected chi connectivity index (χ2v) is 7.55. The Morgan fingerprint density at radius 2 is 1.68 bits per heavy atom. The second kappa shape index (κ2) is 9.37. The highest BCUT2D eigenvalue weighted by atomic mass is 16.5. The molecule has 0 atom stereocenters. The molecule has 2 aliphatic heterocycles. The molecule has 2 saturated heterocycles. The minimum atomic E-state index is 0.129. The lowest BCUT2D eigenvalue weighted by Gasteiger charge is -2.34. The average Bonchev–Trinajstić information content (AvgIpc) is 2.77. The van der Waals surface area contributed by atoms with Crippen LogP contribution in [0.5, 0.6) is 0 Å². The zero-order chi connectivity index (χ0) is 19.2. The molecule has 0 saturated carbocycles. The molecule has 150 valence electrons. The molecule has 0 aromatic heterocycles. The molecule has 0 spiro atoms. The number of nitrogens with zero attached hydrogens (tertiary/aromatic N) is 2. The summed E-state index contributed by atoms with van der Waals surface area (Å²) in [5, 5.41) is 2.45. The Balaban J connectivity index is 1.51. The van der Waals surface area contributed by atoms with E-state index in [2.05, 4.69) is 42.5 Å². The van der Waals surface area contributed by atoms with Gasteiger partial charge in [0.15, 0.2) is 0 Å². The molecule has 2 aliphatic rings. The quantitative estimate of drug-likeness (QED) is 0.837. The summed E-state index contributed by atoms with van der Waals surface area (Å²) in [6.45, 7) is 8.64. The Hall–Kier alpha value is -2.15. The van der Waals surface area contributed by atoms with E-state index in [1.165, 1.54) is 21.2 Å². The fourth-order valence-corrected chi connectivity index (χ4v) is 4.04. The summed E-state index contributed by atoms with van der Waals surface area (Å²) in [7, 11) is 0. The number of hydrogen-bond donors (Lipinski definition) is 1. The lowest BCUT2D eigenvalue weighted by molar-refractivity contribution is -0.907. The number of urea groups is 1. The number of carbonyl (C=O) groups excluding carboxylic acids is 1. The minimum Gasteiger partial charge on any atom is -0.378 e. The van der Waals surface area contributed by atoms with Gasteiger partial charge in [-0.1, -0.05) is 42.5 Å².